The summed E-state index contributed by atoms with van der Waals surface area (Å²) < 4.78 is 6.29. The summed E-state index contributed by atoms with van der Waals surface area (Å²) in [6.45, 7) is 1.72. The Hall–Kier alpha value is -2.47. The number of hydrogen-bond acceptors (Lipinski definition) is 7. The number of benzene rings is 1. The molecule has 1 aromatic carbocycles. The van der Waals surface area contributed by atoms with Gasteiger partial charge < -0.3 is 20.7 Å². The van der Waals surface area contributed by atoms with Crippen LogP contribution in [0.1, 0.15) is 29.2 Å². The Balaban J connectivity index is 1.89. The van der Waals surface area contributed by atoms with Crippen LogP contribution >= 0.6 is 33.9 Å². The summed E-state index contributed by atoms with van der Waals surface area (Å²) in [6.07, 6.45) is 1.94. The lowest BCUT2D eigenvalue weighted by Gasteiger charge is -2.08. The Morgan fingerprint density at radius 1 is 1.50 bits per heavy atom. The van der Waals surface area contributed by atoms with Crippen LogP contribution in [-0.4, -0.2) is 26.9 Å². The van der Waals surface area contributed by atoms with E-state index in [0.717, 1.165) is 14.7 Å². The molecule has 0 bridgehead atoms. The molecule has 2 heterocycles. The second-order valence-corrected chi connectivity index (χ2v) is 7.31. The van der Waals surface area contributed by atoms with Gasteiger partial charge in [0.25, 0.3) is 0 Å². The number of nitrogens with zero attached hydrogens (tertiary/aromatic N) is 3. The summed E-state index contributed by atoms with van der Waals surface area (Å²) in [6, 6.07) is 5.30. The Kier molecular flexibility index (Phi) is 5.52. The molecule has 1 unspecified atom stereocenters. The van der Waals surface area contributed by atoms with Crippen molar-refractivity contribution in [2.75, 3.05) is 0 Å². The number of carbonyl (C=O) groups is 1. The van der Waals surface area contributed by atoms with E-state index in [1.165, 1.54) is 17.7 Å². The highest BCUT2D eigenvalue weighted by Crippen LogP contribution is 2.27. The predicted molar refractivity (Wildman–Crippen MR) is 106 cm³/mol. The number of hydrazone groups is 1. The van der Waals surface area contributed by atoms with Gasteiger partial charge in [0.15, 0.2) is 12.2 Å². The van der Waals surface area contributed by atoms with E-state index < -0.39 is 12.1 Å². The molecular weight excluding hydrogens is 469 g/mol. The van der Waals surface area contributed by atoms with Crippen molar-refractivity contribution >= 4 is 45.7 Å². The fourth-order valence-electron chi connectivity index (χ4n) is 2.32. The zero-order valence-electron chi connectivity index (χ0n) is 13.5. The minimum absolute atomic E-state index is 0.425. The molecule has 0 spiro atoms. The van der Waals surface area contributed by atoms with Gasteiger partial charge in [0, 0.05) is 20.1 Å². The number of hydrogen-bond donors (Lipinski definition) is 3. The van der Waals surface area contributed by atoms with Crippen LogP contribution in [0.25, 0.3) is 11.3 Å². The maximum atomic E-state index is 10.8. The molecular formula is C16H14IN5O3S. The average Bonchev–Trinajstić information content (AvgIpc) is 3.27. The SMILES string of the molecule is CC(NC(=O)O)c1csc(/C(=N\N)c2ccc(-c3cnco3)c(I)c2)n1. The maximum absolute atomic E-state index is 10.8. The Labute approximate surface area is 166 Å². The van der Waals surface area contributed by atoms with E-state index in [2.05, 4.69) is 43.0 Å². The molecule has 3 rings (SSSR count). The van der Waals surface area contributed by atoms with E-state index >= 15 is 0 Å². The van der Waals surface area contributed by atoms with Crippen LogP contribution in [0.3, 0.4) is 0 Å². The lowest BCUT2D eigenvalue weighted by Crippen LogP contribution is -2.24. The van der Waals surface area contributed by atoms with Crippen molar-refractivity contribution in [2.45, 2.75) is 13.0 Å². The highest BCUT2D eigenvalue weighted by atomic mass is 127. The van der Waals surface area contributed by atoms with E-state index in [-0.39, 0.29) is 0 Å². The summed E-state index contributed by atoms with van der Waals surface area (Å²) in [5.74, 6) is 6.28. The molecule has 134 valence electrons. The van der Waals surface area contributed by atoms with Gasteiger partial charge in [0.1, 0.15) is 10.7 Å². The smallest absolute Gasteiger partial charge is 0.405 e. The molecule has 0 aliphatic rings. The molecule has 0 aliphatic carbocycles. The van der Waals surface area contributed by atoms with Gasteiger partial charge in [0.2, 0.25) is 0 Å². The van der Waals surface area contributed by atoms with E-state index in [1.54, 1.807) is 18.5 Å². The Bertz CT molecular complexity index is 955. The van der Waals surface area contributed by atoms with Crippen LogP contribution in [0.4, 0.5) is 4.79 Å². The van der Waals surface area contributed by atoms with Crippen LogP contribution in [0.2, 0.25) is 0 Å². The van der Waals surface area contributed by atoms with Gasteiger partial charge in [-0.2, -0.15) is 5.10 Å². The minimum Gasteiger partial charge on any atom is -0.465 e. The predicted octanol–water partition coefficient (Wildman–Crippen LogP) is 3.44. The highest BCUT2D eigenvalue weighted by Gasteiger charge is 2.17. The van der Waals surface area contributed by atoms with Crippen LogP contribution in [0, 0.1) is 3.57 Å². The summed E-state index contributed by atoms with van der Waals surface area (Å²) in [5, 5.41) is 17.5. The fraction of sp³-hybridized carbons (Fsp3) is 0.125. The van der Waals surface area contributed by atoms with Crippen LogP contribution in [0.5, 0.6) is 0 Å². The number of rotatable bonds is 5. The van der Waals surface area contributed by atoms with Gasteiger partial charge in [-0.1, -0.05) is 6.07 Å². The van der Waals surface area contributed by atoms with E-state index in [9.17, 15) is 4.79 Å². The molecule has 0 radical (unpaired) electrons. The van der Waals surface area contributed by atoms with Gasteiger partial charge in [-0.25, -0.2) is 14.8 Å². The topological polar surface area (TPSA) is 127 Å². The molecule has 0 saturated heterocycles. The summed E-state index contributed by atoms with van der Waals surface area (Å²) in [4.78, 5) is 19.2. The number of oxazole rings is 1. The zero-order chi connectivity index (χ0) is 18.7. The summed E-state index contributed by atoms with van der Waals surface area (Å²) in [7, 11) is 0. The molecule has 26 heavy (non-hydrogen) atoms. The molecule has 4 N–H and O–H groups in total. The minimum atomic E-state index is -1.10. The average molecular weight is 483 g/mol. The van der Waals surface area contributed by atoms with Gasteiger partial charge >= 0.3 is 6.09 Å². The monoisotopic (exact) mass is 483 g/mol. The van der Waals surface area contributed by atoms with E-state index in [1.807, 2.05) is 18.2 Å². The number of nitrogens with two attached hydrogens (primary N) is 1. The lowest BCUT2D eigenvalue weighted by atomic mass is 10.1. The van der Waals surface area contributed by atoms with Gasteiger partial charge in [0.05, 0.1) is 17.9 Å². The van der Waals surface area contributed by atoms with Gasteiger partial charge in [-0.05, 0) is 41.6 Å². The summed E-state index contributed by atoms with van der Waals surface area (Å²) >= 11 is 3.56. The number of aromatic nitrogens is 2. The third-order valence-corrected chi connectivity index (χ3v) is 5.34. The summed E-state index contributed by atoms with van der Waals surface area (Å²) in [5.41, 5.74) is 2.87. The third kappa shape index (κ3) is 3.85. The first kappa shape index (κ1) is 18.3. The van der Waals surface area contributed by atoms with Crippen molar-refractivity contribution in [3.05, 3.63) is 56.0 Å². The van der Waals surface area contributed by atoms with Crippen molar-refractivity contribution in [1.82, 2.24) is 15.3 Å². The lowest BCUT2D eigenvalue weighted by molar-refractivity contribution is 0.190. The Morgan fingerprint density at radius 3 is 2.92 bits per heavy atom. The number of thiazole rings is 1. The third-order valence-electron chi connectivity index (χ3n) is 3.58. The van der Waals surface area contributed by atoms with Crippen LogP contribution in [0.15, 0.2) is 45.7 Å². The molecule has 1 atom stereocenters. The molecule has 0 saturated carbocycles. The van der Waals surface area contributed by atoms with Crippen LogP contribution in [-0.2, 0) is 0 Å². The van der Waals surface area contributed by atoms with Crippen molar-refractivity contribution in [3.63, 3.8) is 0 Å². The molecule has 8 nitrogen and oxygen atoms in total. The number of halogens is 1. The van der Waals surface area contributed by atoms with Crippen molar-refractivity contribution in [2.24, 2.45) is 10.9 Å². The molecule has 2 aromatic heterocycles. The van der Waals surface area contributed by atoms with Gasteiger partial charge in [-0.15, -0.1) is 11.3 Å². The van der Waals surface area contributed by atoms with Crippen molar-refractivity contribution in [3.8, 4) is 11.3 Å². The van der Waals surface area contributed by atoms with E-state index in [0.29, 0.717) is 22.2 Å². The number of carboxylic acid groups (broad SMARTS) is 1. The van der Waals surface area contributed by atoms with Gasteiger partial charge in [-0.3, -0.25) is 0 Å². The number of amides is 1. The molecule has 1 amide bonds. The fourth-order valence-corrected chi connectivity index (χ4v) is 4.03. The second-order valence-electron chi connectivity index (χ2n) is 5.29. The quantitative estimate of drug-likeness (QED) is 0.221. The molecule has 3 aromatic rings. The molecule has 0 aliphatic heterocycles. The first-order valence-electron chi connectivity index (χ1n) is 7.41. The van der Waals surface area contributed by atoms with Crippen molar-refractivity contribution in [1.29, 1.82) is 0 Å². The zero-order valence-corrected chi connectivity index (χ0v) is 16.5. The molecule has 10 heteroatoms. The van der Waals surface area contributed by atoms with Crippen molar-refractivity contribution < 1.29 is 14.3 Å². The number of nitrogens with one attached hydrogen (secondary N) is 1. The standard InChI is InChI=1S/C16H14IN5O3S/c1-8(20-16(23)24)12-6-26-15(21-12)14(22-18)9-2-3-10(11(17)4-9)13-5-19-7-25-13/h2-8,20H,18H2,1H3,(H,23,24)/b22-14-. The maximum Gasteiger partial charge on any atom is 0.405 e. The first-order valence-corrected chi connectivity index (χ1v) is 9.37. The Morgan fingerprint density at radius 2 is 2.31 bits per heavy atom. The normalized spacial score (nSPS) is 12.8. The van der Waals surface area contributed by atoms with E-state index in [4.69, 9.17) is 15.4 Å². The molecule has 0 fully saturated rings. The second kappa shape index (κ2) is 7.83. The first-order chi connectivity index (χ1) is 12.5. The largest absolute Gasteiger partial charge is 0.465 e. The highest BCUT2D eigenvalue weighted by molar-refractivity contribution is 14.1. The van der Waals surface area contributed by atoms with Crippen LogP contribution < -0.4 is 11.2 Å².